The molecule has 0 atom stereocenters. The fourth-order valence-electron chi connectivity index (χ4n) is 1.52. The standard InChI is InChI=1S/C10H7N5O3/c16-10(17)7-6(12-4-13-7)9-14-8(15-18-9)5-2-1-3-11-5/h1-4,11H,(H,12,13)(H,16,17). The van der Waals surface area contributed by atoms with Gasteiger partial charge in [0.2, 0.25) is 5.82 Å². The monoisotopic (exact) mass is 245 g/mol. The molecule has 3 heterocycles. The van der Waals surface area contributed by atoms with Crippen LogP contribution in [-0.4, -0.2) is 36.2 Å². The van der Waals surface area contributed by atoms with Crippen molar-refractivity contribution < 1.29 is 14.4 Å². The molecule has 0 aliphatic carbocycles. The second-order valence-electron chi connectivity index (χ2n) is 3.44. The van der Waals surface area contributed by atoms with E-state index < -0.39 is 5.97 Å². The Kier molecular flexibility index (Phi) is 2.19. The van der Waals surface area contributed by atoms with Crippen molar-refractivity contribution >= 4 is 5.97 Å². The van der Waals surface area contributed by atoms with Gasteiger partial charge in [-0.15, -0.1) is 0 Å². The van der Waals surface area contributed by atoms with Crippen molar-refractivity contribution in [2.45, 2.75) is 0 Å². The summed E-state index contributed by atoms with van der Waals surface area (Å²) in [5, 5.41) is 12.7. The third-order valence-corrected chi connectivity index (χ3v) is 2.32. The molecule has 0 fully saturated rings. The average Bonchev–Trinajstić information content (AvgIpc) is 3.10. The zero-order chi connectivity index (χ0) is 12.5. The van der Waals surface area contributed by atoms with Crippen LogP contribution in [0, 0.1) is 0 Å². The summed E-state index contributed by atoms with van der Waals surface area (Å²) in [6, 6.07) is 3.57. The van der Waals surface area contributed by atoms with Gasteiger partial charge in [0.25, 0.3) is 5.89 Å². The summed E-state index contributed by atoms with van der Waals surface area (Å²) in [6.07, 6.45) is 2.99. The Morgan fingerprint density at radius 2 is 2.28 bits per heavy atom. The molecule has 0 aliphatic heterocycles. The molecular weight excluding hydrogens is 238 g/mol. The van der Waals surface area contributed by atoms with Crippen LogP contribution < -0.4 is 0 Å². The van der Waals surface area contributed by atoms with Crippen molar-refractivity contribution in [2.24, 2.45) is 0 Å². The van der Waals surface area contributed by atoms with Crippen molar-refractivity contribution in [1.82, 2.24) is 25.1 Å². The van der Waals surface area contributed by atoms with Gasteiger partial charge in [0, 0.05) is 6.20 Å². The molecule has 8 nitrogen and oxygen atoms in total. The maximum atomic E-state index is 10.9. The molecule has 3 rings (SSSR count). The highest BCUT2D eigenvalue weighted by Gasteiger charge is 2.20. The van der Waals surface area contributed by atoms with Crippen LogP contribution >= 0.6 is 0 Å². The second-order valence-corrected chi connectivity index (χ2v) is 3.44. The highest BCUT2D eigenvalue weighted by atomic mass is 16.5. The number of H-pyrrole nitrogens is 2. The largest absolute Gasteiger partial charge is 0.476 e. The summed E-state index contributed by atoms with van der Waals surface area (Å²) in [7, 11) is 0. The Hall–Kier alpha value is -2.90. The molecule has 0 spiro atoms. The van der Waals surface area contributed by atoms with Crippen molar-refractivity contribution in [3.63, 3.8) is 0 Å². The third kappa shape index (κ3) is 1.56. The van der Waals surface area contributed by atoms with Crippen LogP contribution in [0.4, 0.5) is 0 Å². The van der Waals surface area contributed by atoms with Crippen LogP contribution in [0.1, 0.15) is 10.5 Å². The van der Waals surface area contributed by atoms with Crippen LogP contribution in [0.15, 0.2) is 29.2 Å². The Balaban J connectivity index is 2.03. The summed E-state index contributed by atoms with van der Waals surface area (Å²) in [5.41, 5.74) is 0.714. The molecule has 0 bridgehead atoms. The first-order valence-electron chi connectivity index (χ1n) is 5.00. The van der Waals surface area contributed by atoms with Gasteiger partial charge in [-0.1, -0.05) is 5.16 Å². The average molecular weight is 245 g/mol. The lowest BCUT2D eigenvalue weighted by Gasteiger charge is -1.90. The maximum absolute atomic E-state index is 10.9. The van der Waals surface area contributed by atoms with E-state index in [-0.39, 0.29) is 17.3 Å². The number of rotatable bonds is 3. The predicted octanol–water partition coefficient (Wildman–Crippen LogP) is 1.15. The van der Waals surface area contributed by atoms with Crippen LogP contribution in [0.25, 0.3) is 23.1 Å². The molecule has 0 unspecified atom stereocenters. The molecule has 0 aromatic carbocycles. The molecule has 0 radical (unpaired) electrons. The minimum Gasteiger partial charge on any atom is -0.476 e. The van der Waals surface area contributed by atoms with Gasteiger partial charge in [0.1, 0.15) is 5.69 Å². The first kappa shape index (κ1) is 10.3. The molecule has 3 N–H and O–H groups in total. The predicted molar refractivity (Wildman–Crippen MR) is 58.6 cm³/mol. The zero-order valence-corrected chi connectivity index (χ0v) is 8.91. The van der Waals surface area contributed by atoms with Crippen molar-refractivity contribution in [3.8, 4) is 23.1 Å². The topological polar surface area (TPSA) is 121 Å². The lowest BCUT2D eigenvalue weighted by Crippen LogP contribution is -1.99. The fourth-order valence-corrected chi connectivity index (χ4v) is 1.52. The molecule has 90 valence electrons. The number of carboxylic acid groups (broad SMARTS) is 1. The number of nitrogens with one attached hydrogen (secondary N) is 2. The van der Waals surface area contributed by atoms with E-state index in [4.69, 9.17) is 9.63 Å². The number of aromatic carboxylic acids is 1. The fraction of sp³-hybridized carbons (Fsp3) is 0. The van der Waals surface area contributed by atoms with E-state index >= 15 is 0 Å². The Morgan fingerprint density at radius 3 is 3.00 bits per heavy atom. The smallest absolute Gasteiger partial charge is 0.356 e. The number of carboxylic acids is 1. The summed E-state index contributed by atoms with van der Waals surface area (Å²) in [4.78, 5) is 24.3. The lowest BCUT2D eigenvalue weighted by atomic mass is 10.3. The first-order chi connectivity index (χ1) is 8.75. The van der Waals surface area contributed by atoms with Gasteiger partial charge in [-0.3, -0.25) is 0 Å². The molecule has 0 saturated carbocycles. The van der Waals surface area contributed by atoms with E-state index in [1.807, 2.05) is 0 Å². The van der Waals surface area contributed by atoms with Gasteiger partial charge in [-0.2, -0.15) is 4.98 Å². The second kappa shape index (κ2) is 3.84. The number of hydrogen-bond donors (Lipinski definition) is 3. The highest BCUT2D eigenvalue weighted by molar-refractivity contribution is 5.91. The lowest BCUT2D eigenvalue weighted by molar-refractivity contribution is 0.0691. The van der Waals surface area contributed by atoms with Crippen molar-refractivity contribution in [3.05, 3.63) is 30.4 Å². The van der Waals surface area contributed by atoms with Crippen molar-refractivity contribution in [2.75, 3.05) is 0 Å². The summed E-state index contributed by atoms with van der Waals surface area (Å²) in [6.45, 7) is 0. The first-order valence-corrected chi connectivity index (χ1v) is 5.00. The Labute approximate surface area is 99.7 Å². The van der Waals surface area contributed by atoms with Gasteiger partial charge in [0.05, 0.1) is 12.0 Å². The van der Waals surface area contributed by atoms with Gasteiger partial charge >= 0.3 is 5.97 Å². The van der Waals surface area contributed by atoms with Gasteiger partial charge in [-0.25, -0.2) is 9.78 Å². The summed E-state index contributed by atoms with van der Waals surface area (Å²) < 4.78 is 5.01. The Morgan fingerprint density at radius 1 is 1.39 bits per heavy atom. The number of imidazole rings is 1. The maximum Gasteiger partial charge on any atom is 0.356 e. The van der Waals surface area contributed by atoms with Crippen LogP contribution in [-0.2, 0) is 0 Å². The van der Waals surface area contributed by atoms with Crippen LogP contribution in [0.5, 0.6) is 0 Å². The molecule has 0 saturated heterocycles. The summed E-state index contributed by atoms with van der Waals surface area (Å²) >= 11 is 0. The van der Waals surface area contributed by atoms with E-state index in [1.54, 1.807) is 18.3 Å². The minimum absolute atomic E-state index is 0.0782. The molecular formula is C10H7N5O3. The Bertz CT molecular complexity index is 682. The molecule has 3 aromatic rings. The van der Waals surface area contributed by atoms with Crippen molar-refractivity contribution in [1.29, 1.82) is 0 Å². The number of hydrogen-bond acceptors (Lipinski definition) is 5. The number of aromatic amines is 2. The van der Waals surface area contributed by atoms with Crippen LogP contribution in [0.2, 0.25) is 0 Å². The normalized spacial score (nSPS) is 10.7. The SMILES string of the molecule is O=C(O)c1nc[nH]c1-c1nc(-c2ccc[nH]2)no1. The molecule has 18 heavy (non-hydrogen) atoms. The number of nitrogens with zero attached hydrogens (tertiary/aromatic N) is 3. The summed E-state index contributed by atoms with van der Waals surface area (Å²) in [5.74, 6) is -0.735. The van der Waals surface area contributed by atoms with Gasteiger partial charge in [0.15, 0.2) is 5.69 Å². The van der Waals surface area contributed by atoms with Gasteiger partial charge in [-0.05, 0) is 12.1 Å². The van der Waals surface area contributed by atoms with E-state index in [0.29, 0.717) is 11.5 Å². The highest BCUT2D eigenvalue weighted by Crippen LogP contribution is 2.21. The number of aromatic nitrogens is 5. The quantitative estimate of drug-likeness (QED) is 0.636. The zero-order valence-electron chi connectivity index (χ0n) is 8.91. The molecule has 0 aliphatic rings. The van der Waals surface area contributed by atoms with E-state index in [0.717, 1.165) is 0 Å². The number of carbonyl (C=O) groups is 1. The van der Waals surface area contributed by atoms with Crippen LogP contribution in [0.3, 0.4) is 0 Å². The van der Waals surface area contributed by atoms with E-state index in [9.17, 15) is 4.79 Å². The third-order valence-electron chi connectivity index (χ3n) is 2.32. The molecule has 3 aromatic heterocycles. The van der Waals surface area contributed by atoms with Gasteiger partial charge < -0.3 is 19.6 Å². The molecule has 0 amide bonds. The molecule has 8 heteroatoms. The van der Waals surface area contributed by atoms with E-state index in [2.05, 4.69) is 25.1 Å². The minimum atomic E-state index is -1.16. The van der Waals surface area contributed by atoms with E-state index in [1.165, 1.54) is 6.33 Å².